The van der Waals surface area contributed by atoms with Crippen molar-refractivity contribution in [3.8, 4) is 11.5 Å². The molecule has 0 radical (unpaired) electrons. The molecule has 1 aromatic carbocycles. The second-order valence-corrected chi connectivity index (χ2v) is 5.76. The number of hydrogen-bond acceptors (Lipinski definition) is 2. The van der Waals surface area contributed by atoms with Crippen LogP contribution in [0.1, 0.15) is 45.4 Å². The average molecular weight is 264 g/mol. The fourth-order valence-electron chi connectivity index (χ4n) is 2.87. The molecule has 1 aliphatic rings. The number of para-hydroxylation sites is 2. The second-order valence-electron chi connectivity index (χ2n) is 5.35. The minimum absolute atomic E-state index is 0.399. The van der Waals surface area contributed by atoms with Crippen LogP contribution in [0.15, 0.2) is 24.3 Å². The van der Waals surface area contributed by atoms with Gasteiger partial charge in [0, 0.05) is 5.41 Å². The summed E-state index contributed by atoms with van der Waals surface area (Å²) in [5.74, 6) is 1.80. The Morgan fingerprint density at radius 3 is 2.39 bits per heavy atom. The van der Waals surface area contributed by atoms with Gasteiger partial charge in [0.2, 0.25) is 10.5 Å². The van der Waals surface area contributed by atoms with Crippen molar-refractivity contribution in [1.82, 2.24) is 0 Å². The first-order valence-electron chi connectivity index (χ1n) is 7.05. The fourth-order valence-corrected chi connectivity index (χ4v) is 3.21. The van der Waals surface area contributed by atoms with Crippen molar-refractivity contribution < 1.29 is 9.16 Å². The predicted molar refractivity (Wildman–Crippen MR) is 78.3 cm³/mol. The molecule has 1 aliphatic carbocycles. The van der Waals surface area contributed by atoms with Gasteiger partial charge in [-0.25, -0.2) is 0 Å². The third kappa shape index (κ3) is 3.08. The van der Waals surface area contributed by atoms with Gasteiger partial charge in [0.1, 0.15) is 5.75 Å². The highest BCUT2D eigenvalue weighted by Gasteiger charge is 2.31. The summed E-state index contributed by atoms with van der Waals surface area (Å²) in [6.45, 7) is 3.13. The highest BCUT2D eigenvalue weighted by atomic mass is 28.2. The highest BCUT2D eigenvalue weighted by Crippen LogP contribution is 2.40. The Kier molecular flexibility index (Phi) is 4.70. The molecule has 0 bridgehead atoms. The molecule has 1 saturated carbocycles. The van der Waals surface area contributed by atoms with Gasteiger partial charge in [0.25, 0.3) is 0 Å². The minimum atomic E-state index is 0.399. The zero-order valence-corrected chi connectivity index (χ0v) is 13.6. The van der Waals surface area contributed by atoms with Crippen molar-refractivity contribution in [3.63, 3.8) is 0 Å². The van der Waals surface area contributed by atoms with Crippen LogP contribution in [0.5, 0.6) is 11.5 Å². The van der Waals surface area contributed by atoms with Crippen LogP contribution in [0, 0.1) is 5.41 Å². The van der Waals surface area contributed by atoms with Crippen LogP contribution in [0.25, 0.3) is 0 Å². The summed E-state index contributed by atoms with van der Waals surface area (Å²) < 4.78 is 11.5. The lowest BCUT2D eigenvalue weighted by Gasteiger charge is -2.36. The van der Waals surface area contributed by atoms with Crippen molar-refractivity contribution in [2.45, 2.75) is 45.4 Å². The van der Waals surface area contributed by atoms with Crippen LogP contribution in [0.3, 0.4) is 0 Å². The van der Waals surface area contributed by atoms with E-state index in [-0.39, 0.29) is 0 Å². The van der Waals surface area contributed by atoms with Gasteiger partial charge in [-0.1, -0.05) is 38.3 Å². The molecule has 2 rings (SSSR count). The molecule has 100 valence electrons. The van der Waals surface area contributed by atoms with Gasteiger partial charge < -0.3 is 9.16 Å². The topological polar surface area (TPSA) is 18.5 Å². The number of hydrogen-bond donors (Lipinski definition) is 0. The van der Waals surface area contributed by atoms with Crippen LogP contribution < -0.4 is 9.16 Å². The summed E-state index contributed by atoms with van der Waals surface area (Å²) >= 11 is 0. The fraction of sp³-hybridized carbons (Fsp3) is 0.600. The molecule has 2 nitrogen and oxygen atoms in total. The smallest absolute Gasteiger partial charge is 0.204 e. The summed E-state index contributed by atoms with van der Waals surface area (Å²) in [6, 6.07) is 8.01. The molecule has 0 N–H and O–H groups in total. The van der Waals surface area contributed by atoms with E-state index in [1.54, 1.807) is 0 Å². The highest BCUT2D eigenvalue weighted by molar-refractivity contribution is 6.00. The first kappa shape index (κ1) is 13.5. The van der Waals surface area contributed by atoms with Crippen LogP contribution in [0.2, 0.25) is 0 Å². The molecule has 0 saturated heterocycles. The van der Waals surface area contributed by atoms with E-state index >= 15 is 0 Å². The number of rotatable bonds is 5. The molecule has 0 unspecified atom stereocenters. The van der Waals surface area contributed by atoms with Gasteiger partial charge in [0.15, 0.2) is 5.75 Å². The normalized spacial score (nSPS) is 18.5. The second kappa shape index (κ2) is 6.28. The predicted octanol–water partition coefficient (Wildman–Crippen LogP) is 3.09. The Morgan fingerprint density at radius 2 is 1.78 bits per heavy atom. The summed E-state index contributed by atoms with van der Waals surface area (Å²) in [5, 5.41) is 0. The van der Waals surface area contributed by atoms with E-state index in [0.29, 0.717) is 15.9 Å². The molecule has 3 heteroatoms. The number of benzene rings is 1. The molecule has 1 aromatic rings. The molecule has 0 atom stereocenters. The largest absolute Gasteiger partial charge is 0.551 e. The van der Waals surface area contributed by atoms with Crippen molar-refractivity contribution in [2.75, 3.05) is 6.61 Å². The van der Waals surface area contributed by atoms with Crippen molar-refractivity contribution in [2.24, 2.45) is 5.41 Å². The Bertz CT molecular complexity index is 373. The maximum atomic E-state index is 6.06. The quantitative estimate of drug-likeness (QED) is 0.761. The molecule has 0 heterocycles. The zero-order chi connectivity index (χ0) is 12.8. The van der Waals surface area contributed by atoms with Crippen LogP contribution in [-0.4, -0.2) is 17.1 Å². The van der Waals surface area contributed by atoms with E-state index in [4.69, 9.17) is 9.16 Å². The van der Waals surface area contributed by atoms with Gasteiger partial charge >= 0.3 is 0 Å². The first-order valence-corrected chi connectivity index (χ1v) is 7.87. The van der Waals surface area contributed by atoms with E-state index < -0.39 is 0 Å². The van der Waals surface area contributed by atoms with Gasteiger partial charge in [-0.15, -0.1) is 0 Å². The lowest BCUT2D eigenvalue weighted by Crippen LogP contribution is -2.30. The van der Waals surface area contributed by atoms with E-state index in [0.717, 1.165) is 18.1 Å². The van der Waals surface area contributed by atoms with E-state index in [1.165, 1.54) is 38.5 Å². The van der Waals surface area contributed by atoms with E-state index in [9.17, 15) is 0 Å². The van der Waals surface area contributed by atoms with Crippen molar-refractivity contribution in [3.05, 3.63) is 24.3 Å². The number of ether oxygens (including phenoxy) is 1. The molecule has 1 fully saturated rings. The zero-order valence-electron chi connectivity index (χ0n) is 11.6. The van der Waals surface area contributed by atoms with Crippen LogP contribution in [-0.2, 0) is 0 Å². The molecule has 0 aliphatic heterocycles. The van der Waals surface area contributed by atoms with Gasteiger partial charge in [-0.2, -0.15) is 0 Å². The Hall–Kier alpha value is -0.963. The molecule has 0 aromatic heterocycles. The molecular formula is C15H24O2Si. The Balaban J connectivity index is 2.01. The third-order valence-corrected chi connectivity index (χ3v) is 4.71. The van der Waals surface area contributed by atoms with Crippen LogP contribution >= 0.6 is 0 Å². The Morgan fingerprint density at radius 1 is 1.11 bits per heavy atom. The molecule has 0 spiro atoms. The van der Waals surface area contributed by atoms with E-state index in [2.05, 4.69) is 6.92 Å². The Labute approximate surface area is 113 Å². The minimum Gasteiger partial charge on any atom is -0.551 e. The molecular weight excluding hydrogens is 240 g/mol. The summed E-state index contributed by atoms with van der Waals surface area (Å²) in [7, 11) is 0.706. The first-order chi connectivity index (χ1) is 8.79. The maximum Gasteiger partial charge on any atom is 0.204 e. The van der Waals surface area contributed by atoms with Gasteiger partial charge in [0.05, 0.1) is 6.61 Å². The summed E-state index contributed by atoms with van der Waals surface area (Å²) in [5.41, 5.74) is 0.399. The monoisotopic (exact) mass is 264 g/mol. The van der Waals surface area contributed by atoms with Crippen LogP contribution in [0.4, 0.5) is 0 Å². The standard InChI is InChI=1S/C15H24O2Si/c1-2-15(10-6-3-7-11-15)12-16-13-8-4-5-9-14(13)17-18/h4-5,8-9H,2-3,6-7,10-12H2,1,18H3. The van der Waals surface area contributed by atoms with Gasteiger partial charge in [-0.05, 0) is 31.4 Å². The summed E-state index contributed by atoms with van der Waals surface area (Å²) in [4.78, 5) is 0. The average Bonchev–Trinajstić information content (AvgIpc) is 2.46. The van der Waals surface area contributed by atoms with Crippen molar-refractivity contribution in [1.29, 1.82) is 0 Å². The molecule has 18 heavy (non-hydrogen) atoms. The lowest BCUT2D eigenvalue weighted by molar-refractivity contribution is 0.0915. The van der Waals surface area contributed by atoms with E-state index in [1.807, 2.05) is 24.3 Å². The molecule has 0 amide bonds. The summed E-state index contributed by atoms with van der Waals surface area (Å²) in [6.07, 6.45) is 7.95. The SMILES string of the molecule is CCC1(COc2ccccc2O[SiH3])CCCCC1. The maximum absolute atomic E-state index is 6.06. The van der Waals surface area contributed by atoms with Crippen molar-refractivity contribution >= 4 is 10.5 Å². The lowest BCUT2D eigenvalue weighted by atomic mass is 9.73. The third-order valence-electron chi connectivity index (χ3n) is 4.27. The van der Waals surface area contributed by atoms with Gasteiger partial charge in [-0.3, -0.25) is 0 Å².